The molecule has 0 spiro atoms. The van der Waals surface area contributed by atoms with Gasteiger partial charge in [0.1, 0.15) is 6.10 Å². The summed E-state index contributed by atoms with van der Waals surface area (Å²) in [6, 6.07) is 0. The fourth-order valence-corrected chi connectivity index (χ4v) is 1.52. The van der Waals surface area contributed by atoms with E-state index in [1.165, 1.54) is 19.9 Å². The van der Waals surface area contributed by atoms with Crippen LogP contribution in [0.25, 0.3) is 0 Å². The summed E-state index contributed by atoms with van der Waals surface area (Å²) in [5.41, 5.74) is 0. The van der Waals surface area contributed by atoms with Crippen molar-refractivity contribution in [1.82, 2.24) is 0 Å². The van der Waals surface area contributed by atoms with Crippen molar-refractivity contribution in [3.8, 4) is 0 Å². The van der Waals surface area contributed by atoms with E-state index in [-0.39, 0.29) is 18.8 Å². The zero-order chi connectivity index (χ0) is 15.5. The van der Waals surface area contributed by atoms with E-state index in [0.717, 1.165) is 6.42 Å². The topological polar surface area (TPSA) is 78.9 Å². The van der Waals surface area contributed by atoms with Gasteiger partial charge in [0.2, 0.25) is 0 Å². The third kappa shape index (κ3) is 8.29. The quantitative estimate of drug-likeness (QED) is 0.365. The van der Waals surface area contributed by atoms with Crippen molar-refractivity contribution >= 4 is 17.9 Å². The molecule has 0 aromatic heterocycles. The Hall–Kier alpha value is -1.85. The summed E-state index contributed by atoms with van der Waals surface area (Å²) < 4.78 is 15.0. The van der Waals surface area contributed by atoms with Crippen molar-refractivity contribution < 1.29 is 28.6 Å². The van der Waals surface area contributed by atoms with Gasteiger partial charge in [-0.1, -0.05) is 13.5 Å². The van der Waals surface area contributed by atoms with Gasteiger partial charge < -0.3 is 14.2 Å². The Morgan fingerprint density at radius 1 is 1.15 bits per heavy atom. The summed E-state index contributed by atoms with van der Waals surface area (Å²) in [6.45, 7) is 8.27. The molecule has 0 saturated carbocycles. The lowest BCUT2D eigenvalue weighted by molar-refractivity contribution is -0.163. The standard InChI is InChI=1S/C14H22O6/c1-5-9-18-14(17)8-7-13(20-11(4)16)12(6-2)19-10(3)15/h6,12-13H,2,5,7-9H2,1,3-4H3. The van der Waals surface area contributed by atoms with Gasteiger partial charge in [0, 0.05) is 20.3 Å². The van der Waals surface area contributed by atoms with Crippen LogP contribution in [-0.4, -0.2) is 36.7 Å². The summed E-state index contributed by atoms with van der Waals surface area (Å²) in [5, 5.41) is 0. The van der Waals surface area contributed by atoms with Gasteiger partial charge in [-0.05, 0) is 18.9 Å². The smallest absolute Gasteiger partial charge is 0.305 e. The Bertz CT molecular complexity index is 350. The Morgan fingerprint density at radius 2 is 1.75 bits per heavy atom. The molecule has 0 amide bonds. The molecule has 0 aliphatic heterocycles. The zero-order valence-corrected chi connectivity index (χ0v) is 12.2. The number of carbonyl (C=O) groups is 3. The molecule has 0 aromatic rings. The maximum Gasteiger partial charge on any atom is 0.305 e. The zero-order valence-electron chi connectivity index (χ0n) is 12.2. The summed E-state index contributed by atoms with van der Waals surface area (Å²) in [6.07, 6.45) is 0.850. The summed E-state index contributed by atoms with van der Waals surface area (Å²) in [4.78, 5) is 33.5. The molecule has 6 heteroatoms. The van der Waals surface area contributed by atoms with Crippen molar-refractivity contribution in [3.05, 3.63) is 12.7 Å². The number of carbonyl (C=O) groups excluding carboxylic acids is 3. The first-order chi connectivity index (χ1) is 9.40. The molecule has 2 unspecified atom stereocenters. The van der Waals surface area contributed by atoms with Gasteiger partial charge in [-0.3, -0.25) is 14.4 Å². The SMILES string of the molecule is C=CC(OC(C)=O)C(CCC(=O)OCCC)OC(C)=O. The molecule has 0 bridgehead atoms. The van der Waals surface area contributed by atoms with Gasteiger partial charge in [-0.25, -0.2) is 0 Å². The van der Waals surface area contributed by atoms with Crippen molar-refractivity contribution in [1.29, 1.82) is 0 Å². The molecular formula is C14H22O6. The fraction of sp³-hybridized carbons (Fsp3) is 0.643. The lowest BCUT2D eigenvalue weighted by Crippen LogP contribution is -2.33. The molecule has 0 aliphatic rings. The molecule has 0 radical (unpaired) electrons. The molecule has 2 atom stereocenters. The van der Waals surface area contributed by atoms with Crippen LogP contribution in [0.1, 0.15) is 40.0 Å². The molecule has 20 heavy (non-hydrogen) atoms. The van der Waals surface area contributed by atoms with Crippen LogP contribution in [0.2, 0.25) is 0 Å². The van der Waals surface area contributed by atoms with E-state index in [2.05, 4.69) is 6.58 Å². The molecule has 0 N–H and O–H groups in total. The molecule has 0 saturated heterocycles. The highest BCUT2D eigenvalue weighted by Crippen LogP contribution is 2.13. The van der Waals surface area contributed by atoms with Crippen LogP contribution in [-0.2, 0) is 28.6 Å². The van der Waals surface area contributed by atoms with Crippen LogP contribution < -0.4 is 0 Å². The van der Waals surface area contributed by atoms with Crippen molar-refractivity contribution in [3.63, 3.8) is 0 Å². The van der Waals surface area contributed by atoms with E-state index < -0.39 is 24.1 Å². The normalized spacial score (nSPS) is 12.9. The van der Waals surface area contributed by atoms with Crippen molar-refractivity contribution in [2.75, 3.05) is 6.61 Å². The fourth-order valence-electron chi connectivity index (χ4n) is 1.52. The molecule has 0 rings (SSSR count). The van der Waals surface area contributed by atoms with E-state index in [9.17, 15) is 14.4 Å². The Balaban J connectivity index is 4.53. The predicted octanol–water partition coefficient (Wildman–Crippen LogP) is 1.77. The van der Waals surface area contributed by atoms with E-state index in [0.29, 0.717) is 6.61 Å². The first-order valence-electron chi connectivity index (χ1n) is 6.53. The van der Waals surface area contributed by atoms with Crippen molar-refractivity contribution in [2.45, 2.75) is 52.2 Å². The molecule has 6 nitrogen and oxygen atoms in total. The lowest BCUT2D eigenvalue weighted by atomic mass is 10.1. The van der Waals surface area contributed by atoms with E-state index in [1.54, 1.807) is 0 Å². The molecule has 0 aliphatic carbocycles. The molecule has 0 heterocycles. The highest BCUT2D eigenvalue weighted by Gasteiger charge is 2.25. The minimum atomic E-state index is -0.782. The second-order valence-electron chi connectivity index (χ2n) is 4.22. The van der Waals surface area contributed by atoms with E-state index in [1.807, 2.05) is 6.92 Å². The number of hydrogen-bond donors (Lipinski definition) is 0. The Labute approximate surface area is 119 Å². The van der Waals surface area contributed by atoms with Gasteiger partial charge >= 0.3 is 17.9 Å². The number of hydrogen-bond acceptors (Lipinski definition) is 6. The van der Waals surface area contributed by atoms with Gasteiger partial charge in [0.15, 0.2) is 6.10 Å². The van der Waals surface area contributed by atoms with Gasteiger partial charge in [0.05, 0.1) is 6.61 Å². The Kier molecular flexibility index (Phi) is 9.07. The number of esters is 3. The predicted molar refractivity (Wildman–Crippen MR) is 71.8 cm³/mol. The molecule has 114 valence electrons. The minimum Gasteiger partial charge on any atom is -0.466 e. The third-order valence-electron chi connectivity index (χ3n) is 2.32. The molecule has 0 aromatic carbocycles. The maximum atomic E-state index is 11.4. The van der Waals surface area contributed by atoms with Gasteiger partial charge in [-0.2, -0.15) is 0 Å². The highest BCUT2D eigenvalue weighted by atomic mass is 16.6. The first kappa shape index (κ1) is 18.1. The van der Waals surface area contributed by atoms with Gasteiger partial charge in [0.25, 0.3) is 0 Å². The summed E-state index contributed by atoms with van der Waals surface area (Å²) >= 11 is 0. The first-order valence-corrected chi connectivity index (χ1v) is 6.53. The van der Waals surface area contributed by atoms with Crippen LogP contribution in [0, 0.1) is 0 Å². The minimum absolute atomic E-state index is 0.0730. The van der Waals surface area contributed by atoms with E-state index >= 15 is 0 Å². The van der Waals surface area contributed by atoms with Crippen LogP contribution in [0.15, 0.2) is 12.7 Å². The largest absolute Gasteiger partial charge is 0.466 e. The average molecular weight is 286 g/mol. The van der Waals surface area contributed by atoms with Crippen LogP contribution in [0.5, 0.6) is 0 Å². The maximum absolute atomic E-state index is 11.4. The lowest BCUT2D eigenvalue weighted by Gasteiger charge is -2.23. The third-order valence-corrected chi connectivity index (χ3v) is 2.32. The van der Waals surface area contributed by atoms with E-state index in [4.69, 9.17) is 14.2 Å². The number of rotatable bonds is 9. The summed E-state index contributed by atoms with van der Waals surface area (Å²) in [7, 11) is 0. The summed E-state index contributed by atoms with van der Waals surface area (Å²) in [5.74, 6) is -1.41. The van der Waals surface area contributed by atoms with Crippen LogP contribution in [0.4, 0.5) is 0 Å². The Morgan fingerprint density at radius 3 is 2.20 bits per heavy atom. The second-order valence-corrected chi connectivity index (χ2v) is 4.22. The highest BCUT2D eigenvalue weighted by molar-refractivity contribution is 5.70. The monoisotopic (exact) mass is 286 g/mol. The number of ether oxygens (including phenoxy) is 3. The van der Waals surface area contributed by atoms with Crippen LogP contribution in [0.3, 0.4) is 0 Å². The van der Waals surface area contributed by atoms with Crippen molar-refractivity contribution in [2.24, 2.45) is 0 Å². The van der Waals surface area contributed by atoms with Crippen LogP contribution >= 0.6 is 0 Å². The molecular weight excluding hydrogens is 264 g/mol. The molecule has 0 fully saturated rings. The van der Waals surface area contributed by atoms with Gasteiger partial charge in [-0.15, -0.1) is 0 Å². The average Bonchev–Trinajstić information content (AvgIpc) is 2.37. The second kappa shape index (κ2) is 10.00.